The number of carbonyl (C=O) groups excluding carboxylic acids is 1. The van der Waals surface area contributed by atoms with Crippen LogP contribution in [0, 0.1) is 0 Å². The van der Waals surface area contributed by atoms with E-state index in [0.717, 1.165) is 5.56 Å². The van der Waals surface area contributed by atoms with Crippen LogP contribution in [0.5, 0.6) is 11.5 Å². The molecule has 5 nitrogen and oxygen atoms in total. The first-order chi connectivity index (χ1) is 8.61. The highest BCUT2D eigenvalue weighted by molar-refractivity contribution is 6.24. The maximum Gasteiger partial charge on any atom is 0.367 e. The van der Waals surface area contributed by atoms with Crippen molar-refractivity contribution in [3.63, 3.8) is 0 Å². The molecule has 0 bridgehead atoms. The van der Waals surface area contributed by atoms with Gasteiger partial charge in [-0.1, -0.05) is 11.2 Å². The molecule has 1 aliphatic rings. The number of nitrogens with zero attached hydrogens (tertiary/aromatic N) is 1. The van der Waals surface area contributed by atoms with Crippen molar-refractivity contribution in [2.24, 2.45) is 5.16 Å². The van der Waals surface area contributed by atoms with Crippen LogP contribution in [0.1, 0.15) is 19.4 Å². The zero-order chi connectivity index (χ0) is 13.1. The Morgan fingerprint density at radius 2 is 2.28 bits per heavy atom. The molecule has 1 N–H and O–H groups in total. The molecule has 2 rings (SSSR count). The van der Waals surface area contributed by atoms with Gasteiger partial charge in [-0.3, -0.25) is 0 Å². The molecule has 94 valence electrons. The number of oxime groups is 1. The standard InChI is InChI=1S/C13H13NO4/c1-3-17-12-7-9(4-5-11(12)15)6-10-8(2)14-18-13(10)16/h4-7,15H,3H2,1-2H3. The molecule has 0 radical (unpaired) electrons. The van der Waals surface area contributed by atoms with Crippen molar-refractivity contribution < 1.29 is 19.5 Å². The van der Waals surface area contributed by atoms with E-state index in [4.69, 9.17) is 4.74 Å². The van der Waals surface area contributed by atoms with E-state index in [1.54, 1.807) is 25.1 Å². The number of benzene rings is 1. The Balaban J connectivity index is 2.35. The molecule has 0 aromatic heterocycles. The third kappa shape index (κ3) is 2.34. The summed E-state index contributed by atoms with van der Waals surface area (Å²) in [4.78, 5) is 15.9. The van der Waals surface area contributed by atoms with Gasteiger partial charge < -0.3 is 14.7 Å². The van der Waals surface area contributed by atoms with Crippen LogP contribution in [0.3, 0.4) is 0 Å². The van der Waals surface area contributed by atoms with Gasteiger partial charge in [0.15, 0.2) is 11.5 Å². The predicted molar refractivity (Wildman–Crippen MR) is 66.5 cm³/mol. The van der Waals surface area contributed by atoms with E-state index >= 15 is 0 Å². The van der Waals surface area contributed by atoms with Crippen LogP contribution in [-0.4, -0.2) is 23.4 Å². The first kappa shape index (κ1) is 12.2. The number of aromatic hydroxyl groups is 1. The van der Waals surface area contributed by atoms with Gasteiger partial charge in [-0.05, 0) is 37.6 Å². The average Bonchev–Trinajstić information content (AvgIpc) is 2.65. The molecule has 1 heterocycles. The predicted octanol–water partition coefficient (Wildman–Crippen LogP) is 2.11. The zero-order valence-corrected chi connectivity index (χ0v) is 10.1. The van der Waals surface area contributed by atoms with Crippen molar-refractivity contribution in [3.05, 3.63) is 29.3 Å². The maximum absolute atomic E-state index is 11.4. The van der Waals surface area contributed by atoms with Crippen molar-refractivity contribution in [1.82, 2.24) is 0 Å². The fraction of sp³-hybridized carbons (Fsp3) is 0.231. The first-order valence-electron chi connectivity index (χ1n) is 5.55. The van der Waals surface area contributed by atoms with Crippen LogP contribution >= 0.6 is 0 Å². The molecule has 1 aromatic rings. The summed E-state index contributed by atoms with van der Waals surface area (Å²) in [5.41, 5.74) is 1.67. The lowest BCUT2D eigenvalue weighted by molar-refractivity contribution is -0.136. The Hall–Kier alpha value is -2.30. The molecule has 5 heteroatoms. The summed E-state index contributed by atoms with van der Waals surface area (Å²) in [6.45, 7) is 3.98. The van der Waals surface area contributed by atoms with Crippen LogP contribution < -0.4 is 4.74 Å². The summed E-state index contributed by atoms with van der Waals surface area (Å²) < 4.78 is 5.27. The van der Waals surface area contributed by atoms with E-state index in [9.17, 15) is 9.90 Å². The maximum atomic E-state index is 11.4. The minimum atomic E-state index is -0.474. The molecular formula is C13H13NO4. The van der Waals surface area contributed by atoms with Gasteiger partial charge in [0.05, 0.1) is 17.9 Å². The lowest BCUT2D eigenvalue weighted by Gasteiger charge is -2.06. The van der Waals surface area contributed by atoms with E-state index in [1.165, 1.54) is 6.07 Å². The lowest BCUT2D eigenvalue weighted by Crippen LogP contribution is -2.01. The second kappa shape index (κ2) is 4.91. The molecule has 0 fully saturated rings. The highest BCUT2D eigenvalue weighted by atomic mass is 16.7. The van der Waals surface area contributed by atoms with Gasteiger partial charge >= 0.3 is 5.97 Å². The molecule has 0 aliphatic carbocycles. The summed E-state index contributed by atoms with van der Waals surface area (Å²) in [5, 5.41) is 13.2. The molecule has 18 heavy (non-hydrogen) atoms. The average molecular weight is 247 g/mol. The van der Waals surface area contributed by atoms with Crippen LogP contribution in [-0.2, 0) is 9.63 Å². The number of phenolic OH excluding ortho intramolecular Hbond substituents is 1. The molecule has 1 aromatic carbocycles. The molecule has 0 atom stereocenters. The van der Waals surface area contributed by atoms with E-state index in [0.29, 0.717) is 23.6 Å². The number of carbonyl (C=O) groups is 1. The second-order valence-corrected chi connectivity index (χ2v) is 3.77. The fourth-order valence-electron chi connectivity index (χ4n) is 1.58. The molecule has 1 aliphatic heterocycles. The minimum absolute atomic E-state index is 0.0680. The van der Waals surface area contributed by atoms with E-state index < -0.39 is 5.97 Å². The SMILES string of the molecule is CCOc1cc(C=C2C(=O)ON=C2C)ccc1O. The van der Waals surface area contributed by atoms with Gasteiger partial charge in [-0.25, -0.2) is 4.79 Å². The van der Waals surface area contributed by atoms with E-state index in [-0.39, 0.29) is 5.75 Å². The highest BCUT2D eigenvalue weighted by Gasteiger charge is 2.21. The van der Waals surface area contributed by atoms with Gasteiger partial charge in [0.1, 0.15) is 0 Å². The van der Waals surface area contributed by atoms with Crippen molar-refractivity contribution >= 4 is 17.8 Å². The van der Waals surface area contributed by atoms with Gasteiger partial charge in [-0.2, -0.15) is 0 Å². The van der Waals surface area contributed by atoms with Crippen LogP contribution in [0.2, 0.25) is 0 Å². The second-order valence-electron chi connectivity index (χ2n) is 3.77. The molecule has 0 unspecified atom stereocenters. The third-order valence-corrected chi connectivity index (χ3v) is 2.47. The Morgan fingerprint density at radius 1 is 1.50 bits per heavy atom. The van der Waals surface area contributed by atoms with Gasteiger partial charge in [0, 0.05) is 0 Å². The summed E-state index contributed by atoms with van der Waals surface area (Å²) in [7, 11) is 0. The Bertz CT molecular complexity index is 546. The quantitative estimate of drug-likeness (QED) is 0.656. The number of hydrogen-bond donors (Lipinski definition) is 1. The summed E-state index contributed by atoms with van der Waals surface area (Å²) in [6.07, 6.45) is 1.65. The molecule has 0 saturated heterocycles. The van der Waals surface area contributed by atoms with Gasteiger partial charge in [-0.15, -0.1) is 0 Å². The number of phenols is 1. The summed E-state index contributed by atoms with van der Waals surface area (Å²) in [6, 6.07) is 4.86. The normalized spacial score (nSPS) is 16.7. The molecular weight excluding hydrogens is 234 g/mol. The monoisotopic (exact) mass is 247 g/mol. The van der Waals surface area contributed by atoms with Crippen LogP contribution in [0.25, 0.3) is 6.08 Å². The van der Waals surface area contributed by atoms with Crippen molar-refractivity contribution in [1.29, 1.82) is 0 Å². The van der Waals surface area contributed by atoms with Crippen molar-refractivity contribution in [3.8, 4) is 11.5 Å². The Kier molecular flexibility index (Phi) is 3.32. The Labute approximate surface area is 104 Å². The molecule has 0 saturated carbocycles. The number of rotatable bonds is 3. The molecule has 0 amide bonds. The highest BCUT2D eigenvalue weighted by Crippen LogP contribution is 2.28. The summed E-state index contributed by atoms with van der Waals surface area (Å²) in [5.74, 6) is -0.0234. The van der Waals surface area contributed by atoms with Crippen LogP contribution in [0.4, 0.5) is 0 Å². The van der Waals surface area contributed by atoms with E-state index in [1.807, 2.05) is 6.92 Å². The smallest absolute Gasteiger partial charge is 0.367 e. The van der Waals surface area contributed by atoms with Crippen molar-refractivity contribution in [2.75, 3.05) is 6.61 Å². The zero-order valence-electron chi connectivity index (χ0n) is 10.1. The fourth-order valence-corrected chi connectivity index (χ4v) is 1.58. The number of ether oxygens (including phenoxy) is 1. The van der Waals surface area contributed by atoms with E-state index in [2.05, 4.69) is 9.99 Å². The number of hydrogen-bond acceptors (Lipinski definition) is 5. The summed E-state index contributed by atoms with van der Waals surface area (Å²) >= 11 is 0. The van der Waals surface area contributed by atoms with Crippen molar-refractivity contribution in [2.45, 2.75) is 13.8 Å². The topological polar surface area (TPSA) is 68.1 Å². The van der Waals surface area contributed by atoms with Crippen LogP contribution in [0.15, 0.2) is 28.9 Å². The largest absolute Gasteiger partial charge is 0.504 e. The Morgan fingerprint density at radius 3 is 2.89 bits per heavy atom. The minimum Gasteiger partial charge on any atom is -0.504 e. The lowest BCUT2D eigenvalue weighted by atomic mass is 10.1. The van der Waals surface area contributed by atoms with Gasteiger partial charge in [0.2, 0.25) is 0 Å². The van der Waals surface area contributed by atoms with Gasteiger partial charge in [0.25, 0.3) is 0 Å². The molecule has 0 spiro atoms. The first-order valence-corrected chi connectivity index (χ1v) is 5.55. The third-order valence-electron chi connectivity index (χ3n) is 2.47.